The summed E-state index contributed by atoms with van der Waals surface area (Å²) in [6, 6.07) is -0.350. The fourth-order valence-electron chi connectivity index (χ4n) is 2.40. The Kier molecular flexibility index (Phi) is 5.35. The normalized spacial score (nSPS) is 22.8. The molecule has 0 aromatic heterocycles. The molecule has 0 aliphatic carbocycles. The molecule has 5 heteroatoms. The van der Waals surface area contributed by atoms with Gasteiger partial charge in [-0.25, -0.2) is 0 Å². The van der Waals surface area contributed by atoms with Crippen LogP contribution in [0.4, 0.5) is 0 Å². The van der Waals surface area contributed by atoms with E-state index in [9.17, 15) is 9.59 Å². The highest BCUT2D eigenvalue weighted by molar-refractivity contribution is 5.99. The summed E-state index contributed by atoms with van der Waals surface area (Å²) in [5.41, 5.74) is -0.808. The van der Waals surface area contributed by atoms with Gasteiger partial charge in [0.2, 0.25) is 11.8 Å². The minimum Gasteiger partial charge on any atom is -0.385 e. The number of carbonyl (C=O) groups excluding carboxylic acids is 2. The molecule has 0 aromatic carbocycles. The van der Waals surface area contributed by atoms with Crippen molar-refractivity contribution in [3.63, 3.8) is 0 Å². The molecule has 0 radical (unpaired) electrons. The standard InChI is InChI=1S/C14H26N2O3/c1-10(2)9-11-12(17)15-14(3,4)13(18)16(11)7-6-8-19-5/h10-11H,6-9H2,1-5H3,(H,15,17). The minimum absolute atomic E-state index is 0.00569. The number of nitrogens with one attached hydrogen (secondary N) is 1. The molecule has 1 fully saturated rings. The first-order chi connectivity index (χ1) is 8.79. The van der Waals surface area contributed by atoms with E-state index in [0.29, 0.717) is 25.5 Å². The lowest BCUT2D eigenvalue weighted by atomic mass is 9.92. The molecule has 0 bridgehead atoms. The van der Waals surface area contributed by atoms with Crippen molar-refractivity contribution >= 4 is 11.8 Å². The average Bonchev–Trinajstić information content (AvgIpc) is 2.29. The van der Waals surface area contributed by atoms with Gasteiger partial charge in [-0.15, -0.1) is 0 Å². The van der Waals surface area contributed by atoms with E-state index in [1.807, 2.05) is 0 Å². The molecular weight excluding hydrogens is 244 g/mol. The average molecular weight is 270 g/mol. The highest BCUT2D eigenvalue weighted by Crippen LogP contribution is 2.22. The summed E-state index contributed by atoms with van der Waals surface area (Å²) in [5, 5.41) is 2.82. The van der Waals surface area contributed by atoms with Crippen LogP contribution < -0.4 is 5.32 Å². The van der Waals surface area contributed by atoms with Crippen LogP contribution in [0.5, 0.6) is 0 Å². The van der Waals surface area contributed by atoms with Gasteiger partial charge in [0.15, 0.2) is 0 Å². The molecule has 1 aliphatic rings. The molecule has 19 heavy (non-hydrogen) atoms. The number of ether oxygens (including phenoxy) is 1. The van der Waals surface area contributed by atoms with E-state index >= 15 is 0 Å². The summed E-state index contributed by atoms with van der Waals surface area (Å²) >= 11 is 0. The second-order valence-corrected chi connectivity index (χ2v) is 6.10. The SMILES string of the molecule is COCCCN1C(=O)C(C)(C)NC(=O)C1CC(C)C. The van der Waals surface area contributed by atoms with E-state index in [0.717, 1.165) is 6.42 Å². The third-order valence-electron chi connectivity index (χ3n) is 3.35. The number of piperazine rings is 1. The van der Waals surface area contributed by atoms with Crippen molar-refractivity contribution in [3.8, 4) is 0 Å². The van der Waals surface area contributed by atoms with Gasteiger partial charge in [-0.2, -0.15) is 0 Å². The zero-order valence-corrected chi connectivity index (χ0v) is 12.7. The summed E-state index contributed by atoms with van der Waals surface area (Å²) in [7, 11) is 1.64. The Morgan fingerprint density at radius 1 is 1.37 bits per heavy atom. The smallest absolute Gasteiger partial charge is 0.248 e. The second kappa shape index (κ2) is 6.37. The molecule has 1 saturated heterocycles. The maximum Gasteiger partial charge on any atom is 0.248 e. The fraction of sp³-hybridized carbons (Fsp3) is 0.857. The van der Waals surface area contributed by atoms with E-state index in [2.05, 4.69) is 19.2 Å². The largest absolute Gasteiger partial charge is 0.385 e. The molecule has 1 N–H and O–H groups in total. The molecule has 2 amide bonds. The minimum atomic E-state index is -0.808. The van der Waals surface area contributed by atoms with Crippen molar-refractivity contribution in [1.29, 1.82) is 0 Å². The first kappa shape index (κ1) is 16.0. The Balaban J connectivity index is 2.85. The molecule has 1 unspecified atom stereocenters. The van der Waals surface area contributed by atoms with Gasteiger partial charge in [-0.3, -0.25) is 9.59 Å². The number of hydrogen-bond donors (Lipinski definition) is 1. The van der Waals surface area contributed by atoms with Crippen molar-refractivity contribution in [3.05, 3.63) is 0 Å². The molecule has 110 valence electrons. The van der Waals surface area contributed by atoms with Crippen LogP contribution in [0.3, 0.4) is 0 Å². The molecule has 1 heterocycles. The lowest BCUT2D eigenvalue weighted by molar-refractivity contribution is -0.154. The van der Waals surface area contributed by atoms with Crippen molar-refractivity contribution in [2.75, 3.05) is 20.3 Å². The van der Waals surface area contributed by atoms with Crippen LogP contribution >= 0.6 is 0 Å². The highest BCUT2D eigenvalue weighted by Gasteiger charge is 2.44. The number of hydrogen-bond acceptors (Lipinski definition) is 3. The Morgan fingerprint density at radius 2 is 2.00 bits per heavy atom. The van der Waals surface area contributed by atoms with Gasteiger partial charge >= 0.3 is 0 Å². The molecule has 0 spiro atoms. The molecule has 5 nitrogen and oxygen atoms in total. The predicted molar refractivity (Wildman–Crippen MR) is 73.7 cm³/mol. The maximum atomic E-state index is 12.4. The molecule has 0 saturated carbocycles. The number of rotatable bonds is 6. The lowest BCUT2D eigenvalue weighted by Crippen LogP contribution is -2.68. The summed E-state index contributed by atoms with van der Waals surface area (Å²) in [5.74, 6) is 0.319. The molecular formula is C14H26N2O3. The Labute approximate surface area is 115 Å². The van der Waals surface area contributed by atoms with Crippen LogP contribution in [0.15, 0.2) is 0 Å². The first-order valence-electron chi connectivity index (χ1n) is 6.91. The van der Waals surface area contributed by atoms with Crippen LogP contribution in [0.25, 0.3) is 0 Å². The Morgan fingerprint density at radius 3 is 2.53 bits per heavy atom. The number of nitrogens with zero attached hydrogens (tertiary/aromatic N) is 1. The van der Waals surface area contributed by atoms with Crippen LogP contribution in [-0.2, 0) is 14.3 Å². The van der Waals surface area contributed by atoms with E-state index in [4.69, 9.17) is 4.74 Å². The van der Waals surface area contributed by atoms with Crippen molar-refractivity contribution in [2.24, 2.45) is 5.92 Å². The number of amides is 2. The van der Waals surface area contributed by atoms with Crippen molar-refractivity contribution in [1.82, 2.24) is 10.2 Å². The third kappa shape index (κ3) is 3.93. The van der Waals surface area contributed by atoms with Gasteiger partial charge in [0.25, 0.3) is 0 Å². The topological polar surface area (TPSA) is 58.6 Å². The quantitative estimate of drug-likeness (QED) is 0.737. The van der Waals surface area contributed by atoms with Crippen molar-refractivity contribution < 1.29 is 14.3 Å². The zero-order chi connectivity index (χ0) is 14.6. The third-order valence-corrected chi connectivity index (χ3v) is 3.35. The Bertz CT molecular complexity index is 340. The number of carbonyl (C=O) groups is 2. The summed E-state index contributed by atoms with van der Waals surface area (Å²) in [6.07, 6.45) is 1.45. The highest BCUT2D eigenvalue weighted by atomic mass is 16.5. The number of methoxy groups -OCH3 is 1. The molecule has 1 aliphatic heterocycles. The van der Waals surface area contributed by atoms with E-state index in [1.165, 1.54) is 0 Å². The van der Waals surface area contributed by atoms with Crippen molar-refractivity contribution in [2.45, 2.75) is 52.1 Å². The monoisotopic (exact) mass is 270 g/mol. The molecule has 0 aromatic rings. The van der Waals surface area contributed by atoms with E-state index in [-0.39, 0.29) is 17.9 Å². The van der Waals surface area contributed by atoms with Crippen LogP contribution in [0.2, 0.25) is 0 Å². The lowest BCUT2D eigenvalue weighted by Gasteiger charge is -2.43. The van der Waals surface area contributed by atoms with E-state index < -0.39 is 5.54 Å². The van der Waals surface area contributed by atoms with Gasteiger partial charge in [-0.05, 0) is 32.6 Å². The molecule has 1 atom stereocenters. The first-order valence-corrected chi connectivity index (χ1v) is 6.91. The van der Waals surface area contributed by atoms with Gasteiger partial charge in [0.05, 0.1) is 0 Å². The van der Waals surface area contributed by atoms with Gasteiger partial charge in [0, 0.05) is 20.3 Å². The zero-order valence-electron chi connectivity index (χ0n) is 12.7. The van der Waals surface area contributed by atoms with Crippen LogP contribution in [0.1, 0.15) is 40.5 Å². The van der Waals surface area contributed by atoms with Crippen LogP contribution in [-0.4, -0.2) is 48.6 Å². The molecule has 1 rings (SSSR count). The van der Waals surface area contributed by atoms with Crippen LogP contribution in [0, 0.1) is 5.92 Å². The maximum absolute atomic E-state index is 12.4. The van der Waals surface area contributed by atoms with Gasteiger partial charge in [-0.1, -0.05) is 13.8 Å². The van der Waals surface area contributed by atoms with Gasteiger partial charge < -0.3 is 15.0 Å². The second-order valence-electron chi connectivity index (χ2n) is 6.10. The predicted octanol–water partition coefficient (Wildman–Crippen LogP) is 1.17. The summed E-state index contributed by atoms with van der Waals surface area (Å²) in [6.45, 7) is 8.79. The Hall–Kier alpha value is -1.10. The van der Waals surface area contributed by atoms with Gasteiger partial charge in [0.1, 0.15) is 11.6 Å². The summed E-state index contributed by atoms with van der Waals surface area (Å²) < 4.78 is 5.02. The van der Waals surface area contributed by atoms with E-state index in [1.54, 1.807) is 25.9 Å². The fourth-order valence-corrected chi connectivity index (χ4v) is 2.40. The summed E-state index contributed by atoms with van der Waals surface area (Å²) in [4.78, 5) is 26.4.